The summed E-state index contributed by atoms with van der Waals surface area (Å²) in [6.45, 7) is 1.25. The van der Waals surface area contributed by atoms with E-state index in [1.807, 2.05) is 29.1 Å². The summed E-state index contributed by atoms with van der Waals surface area (Å²) < 4.78 is 7.65. The first kappa shape index (κ1) is 15.2. The smallest absolute Gasteiger partial charge is 0.315 e. The topological polar surface area (TPSA) is 68.2 Å². The number of aromatic nitrogens is 2. The van der Waals surface area contributed by atoms with Crippen LogP contribution in [0.1, 0.15) is 30.4 Å². The zero-order valence-electron chi connectivity index (χ0n) is 13.5. The second-order valence-corrected chi connectivity index (χ2v) is 6.57. The fourth-order valence-electron chi connectivity index (χ4n) is 3.61. The Hall–Kier alpha value is -2.34. The Labute approximate surface area is 141 Å². The fraction of sp³-hybridized carbons (Fsp3) is 0.444. The van der Waals surface area contributed by atoms with Crippen LogP contribution in [0.4, 0.5) is 4.79 Å². The molecule has 0 saturated carbocycles. The summed E-state index contributed by atoms with van der Waals surface area (Å²) in [7, 11) is 0. The van der Waals surface area contributed by atoms with Crippen molar-refractivity contribution >= 4 is 6.03 Å². The normalized spacial score (nSPS) is 24.9. The molecule has 24 heavy (non-hydrogen) atoms. The average molecular weight is 326 g/mol. The largest absolute Gasteiger partial charge is 0.373 e. The maximum atomic E-state index is 12.1. The van der Waals surface area contributed by atoms with Gasteiger partial charge in [0, 0.05) is 18.9 Å². The molecule has 3 atom stereocenters. The molecule has 6 heteroatoms. The molecule has 2 bridgehead atoms. The van der Waals surface area contributed by atoms with E-state index in [-0.39, 0.29) is 18.2 Å². The van der Waals surface area contributed by atoms with Crippen LogP contribution in [-0.2, 0) is 17.8 Å². The first-order chi connectivity index (χ1) is 11.8. The molecule has 2 aliphatic heterocycles. The van der Waals surface area contributed by atoms with Crippen LogP contribution in [0.5, 0.6) is 0 Å². The highest BCUT2D eigenvalue weighted by Crippen LogP contribution is 2.34. The van der Waals surface area contributed by atoms with Gasteiger partial charge in [-0.25, -0.2) is 4.79 Å². The van der Waals surface area contributed by atoms with Gasteiger partial charge >= 0.3 is 6.03 Å². The summed E-state index contributed by atoms with van der Waals surface area (Å²) in [5.74, 6) is 0. The molecule has 2 amide bonds. The number of nitrogens with zero attached hydrogens (tertiary/aromatic N) is 2. The third kappa shape index (κ3) is 3.43. The summed E-state index contributed by atoms with van der Waals surface area (Å²) >= 11 is 0. The highest BCUT2D eigenvalue weighted by Gasteiger charge is 2.41. The summed E-state index contributed by atoms with van der Waals surface area (Å²) in [5, 5.41) is 10.2. The third-order valence-corrected chi connectivity index (χ3v) is 4.77. The van der Waals surface area contributed by atoms with Crippen molar-refractivity contribution < 1.29 is 9.53 Å². The summed E-state index contributed by atoms with van der Waals surface area (Å²) in [6, 6.07) is 10.2. The molecule has 1 aromatic carbocycles. The van der Waals surface area contributed by atoms with Crippen LogP contribution in [0.15, 0.2) is 42.7 Å². The second-order valence-electron chi connectivity index (χ2n) is 6.57. The standard InChI is InChI=1S/C18H22N4O2/c23-18(21-16-10-15-5-6-17(16)24-15)19-11-13-3-1-4-14(9-13)12-22-8-2-7-20-22/h1-4,7-9,15-17H,5-6,10-12H2,(H2,19,21,23). The minimum Gasteiger partial charge on any atom is -0.373 e. The van der Waals surface area contributed by atoms with E-state index in [1.165, 1.54) is 5.56 Å². The molecule has 0 spiro atoms. The van der Waals surface area contributed by atoms with Crippen molar-refractivity contribution in [3.63, 3.8) is 0 Å². The molecule has 2 N–H and O–H groups in total. The van der Waals surface area contributed by atoms with Crippen LogP contribution in [0, 0.1) is 0 Å². The minimum atomic E-state index is -0.117. The Kier molecular flexibility index (Phi) is 4.21. The lowest BCUT2D eigenvalue weighted by Crippen LogP contribution is -2.46. The number of amides is 2. The van der Waals surface area contributed by atoms with Crippen LogP contribution in [-0.4, -0.2) is 34.1 Å². The van der Waals surface area contributed by atoms with Gasteiger partial charge in [-0.3, -0.25) is 4.68 Å². The van der Waals surface area contributed by atoms with Crippen molar-refractivity contribution in [2.45, 2.75) is 50.6 Å². The molecule has 4 rings (SSSR count). The molecular formula is C18H22N4O2. The monoisotopic (exact) mass is 326 g/mol. The van der Waals surface area contributed by atoms with Crippen molar-refractivity contribution in [1.29, 1.82) is 0 Å². The molecular weight excluding hydrogens is 304 g/mol. The first-order valence-electron chi connectivity index (χ1n) is 8.51. The molecule has 2 saturated heterocycles. The Morgan fingerprint density at radius 2 is 2.21 bits per heavy atom. The minimum absolute atomic E-state index is 0.117. The molecule has 3 heterocycles. The van der Waals surface area contributed by atoms with E-state index in [0.29, 0.717) is 12.6 Å². The van der Waals surface area contributed by atoms with Crippen molar-refractivity contribution in [1.82, 2.24) is 20.4 Å². The van der Waals surface area contributed by atoms with Crippen molar-refractivity contribution in [3.8, 4) is 0 Å². The van der Waals surface area contributed by atoms with Crippen molar-refractivity contribution in [2.24, 2.45) is 0 Å². The molecule has 0 radical (unpaired) electrons. The van der Waals surface area contributed by atoms with Gasteiger partial charge in [0.05, 0.1) is 24.8 Å². The van der Waals surface area contributed by atoms with E-state index in [4.69, 9.17) is 4.74 Å². The van der Waals surface area contributed by atoms with E-state index in [9.17, 15) is 4.79 Å². The van der Waals surface area contributed by atoms with Crippen molar-refractivity contribution in [2.75, 3.05) is 0 Å². The predicted octanol–water partition coefficient (Wildman–Crippen LogP) is 2.05. The number of hydrogen-bond acceptors (Lipinski definition) is 3. The lowest BCUT2D eigenvalue weighted by molar-refractivity contribution is 0.0981. The molecule has 6 nitrogen and oxygen atoms in total. The van der Waals surface area contributed by atoms with Crippen LogP contribution in [0.2, 0.25) is 0 Å². The third-order valence-electron chi connectivity index (χ3n) is 4.77. The van der Waals surface area contributed by atoms with E-state index in [1.54, 1.807) is 6.20 Å². The Balaban J connectivity index is 1.28. The Morgan fingerprint density at radius 3 is 2.96 bits per heavy atom. The average Bonchev–Trinajstić information content (AvgIpc) is 3.31. The number of nitrogens with one attached hydrogen (secondary N) is 2. The zero-order valence-corrected chi connectivity index (χ0v) is 13.5. The number of hydrogen-bond donors (Lipinski definition) is 2. The van der Waals surface area contributed by atoms with Gasteiger partial charge in [-0.15, -0.1) is 0 Å². The Bertz CT molecular complexity index is 701. The van der Waals surface area contributed by atoms with Gasteiger partial charge in [0.1, 0.15) is 0 Å². The van der Waals surface area contributed by atoms with Gasteiger partial charge in [-0.1, -0.05) is 24.3 Å². The van der Waals surface area contributed by atoms with E-state index >= 15 is 0 Å². The lowest BCUT2D eigenvalue weighted by Gasteiger charge is -2.20. The molecule has 3 unspecified atom stereocenters. The van der Waals surface area contributed by atoms with Gasteiger partial charge in [0.25, 0.3) is 0 Å². The zero-order chi connectivity index (χ0) is 16.4. The predicted molar refractivity (Wildman–Crippen MR) is 89.4 cm³/mol. The van der Waals surface area contributed by atoms with Crippen LogP contribution >= 0.6 is 0 Å². The number of carbonyl (C=O) groups is 1. The van der Waals surface area contributed by atoms with E-state index in [2.05, 4.69) is 27.9 Å². The quantitative estimate of drug-likeness (QED) is 0.883. The molecule has 1 aromatic heterocycles. The maximum absolute atomic E-state index is 12.1. The summed E-state index contributed by atoms with van der Waals surface area (Å²) in [4.78, 5) is 12.1. The molecule has 126 valence electrons. The summed E-state index contributed by atoms with van der Waals surface area (Å²) in [6.07, 6.45) is 7.40. The van der Waals surface area contributed by atoms with E-state index in [0.717, 1.165) is 31.4 Å². The number of ether oxygens (including phenoxy) is 1. The first-order valence-corrected chi connectivity index (χ1v) is 8.51. The van der Waals surface area contributed by atoms with Gasteiger partial charge in [-0.05, 0) is 36.5 Å². The molecule has 2 fully saturated rings. The maximum Gasteiger partial charge on any atom is 0.315 e. The number of rotatable bonds is 5. The molecule has 2 aliphatic rings. The van der Waals surface area contributed by atoms with Crippen molar-refractivity contribution in [3.05, 3.63) is 53.9 Å². The summed E-state index contributed by atoms with van der Waals surface area (Å²) in [5.41, 5.74) is 2.25. The Morgan fingerprint density at radius 1 is 1.29 bits per heavy atom. The lowest BCUT2D eigenvalue weighted by atomic mass is 9.96. The fourth-order valence-corrected chi connectivity index (χ4v) is 3.61. The van der Waals surface area contributed by atoms with Crippen LogP contribution in [0.3, 0.4) is 0 Å². The van der Waals surface area contributed by atoms with Gasteiger partial charge in [-0.2, -0.15) is 5.10 Å². The van der Waals surface area contributed by atoms with Gasteiger partial charge < -0.3 is 15.4 Å². The highest BCUT2D eigenvalue weighted by molar-refractivity contribution is 5.74. The van der Waals surface area contributed by atoms with E-state index < -0.39 is 0 Å². The van der Waals surface area contributed by atoms with Crippen LogP contribution in [0.25, 0.3) is 0 Å². The highest BCUT2D eigenvalue weighted by atomic mass is 16.5. The number of carbonyl (C=O) groups excluding carboxylic acids is 1. The number of urea groups is 1. The number of fused-ring (bicyclic) bond motifs is 2. The van der Waals surface area contributed by atoms with Gasteiger partial charge in [0.15, 0.2) is 0 Å². The molecule has 0 aliphatic carbocycles. The number of benzene rings is 1. The SMILES string of the molecule is O=C(NCc1cccc(Cn2cccn2)c1)NC1CC2CCC1O2. The second kappa shape index (κ2) is 6.65. The van der Waals surface area contributed by atoms with Gasteiger partial charge in [0.2, 0.25) is 0 Å². The molecule has 2 aromatic rings. The van der Waals surface area contributed by atoms with Crippen LogP contribution < -0.4 is 10.6 Å².